The van der Waals surface area contributed by atoms with Crippen LogP contribution in [0.4, 0.5) is 0 Å². The molecule has 0 heterocycles. The van der Waals surface area contributed by atoms with Gasteiger partial charge >= 0.3 is 10.3 Å². The van der Waals surface area contributed by atoms with Gasteiger partial charge < -0.3 is 25.2 Å². The molecular formula is C6H13NO8S. The van der Waals surface area contributed by atoms with Gasteiger partial charge in [0.05, 0.1) is 6.61 Å². The molecule has 0 aromatic rings. The number of hydrogen-bond donors (Lipinski definition) is 5. The monoisotopic (exact) mass is 259 g/mol. The lowest BCUT2D eigenvalue weighted by Crippen LogP contribution is -2.47. The topological polar surface area (TPSA) is 167 Å². The van der Waals surface area contributed by atoms with Crippen LogP contribution in [0.5, 0.6) is 0 Å². The molecule has 9 nitrogen and oxygen atoms in total. The Bertz CT molecular complexity index is 316. The van der Waals surface area contributed by atoms with Crippen LogP contribution in [-0.2, 0) is 19.3 Å². The fraction of sp³-hybridized carbons (Fsp3) is 0.833. The van der Waals surface area contributed by atoms with Crippen LogP contribution in [0.3, 0.4) is 0 Å². The third-order valence-corrected chi connectivity index (χ3v) is 2.10. The zero-order valence-corrected chi connectivity index (χ0v) is 8.82. The molecule has 0 saturated heterocycles. The largest absolute Gasteiger partial charge is 0.388 e. The van der Waals surface area contributed by atoms with Crippen LogP contribution >= 0.6 is 0 Å². The second-order valence-electron chi connectivity index (χ2n) is 2.95. The van der Waals surface area contributed by atoms with Crippen LogP contribution in [0, 0.1) is 0 Å². The van der Waals surface area contributed by atoms with E-state index in [0.717, 1.165) is 0 Å². The maximum atomic E-state index is 10.3. The standard InChI is InChI=1S/C6H13NO8S/c7-16(13,14)15-2-4(10)6(12)5(11)3(9)1-8/h1,3-6,9-12H,2H2,(H2,7,13,14)/t3-,4+,5+,6+/m0/s1. The van der Waals surface area contributed by atoms with E-state index in [1.54, 1.807) is 0 Å². The van der Waals surface area contributed by atoms with Crippen molar-refractivity contribution in [2.45, 2.75) is 24.4 Å². The molecule has 0 spiro atoms. The molecule has 16 heavy (non-hydrogen) atoms. The number of hydrogen-bond acceptors (Lipinski definition) is 8. The van der Waals surface area contributed by atoms with Crippen molar-refractivity contribution in [2.75, 3.05) is 6.61 Å². The summed E-state index contributed by atoms with van der Waals surface area (Å²) in [5.41, 5.74) is 0. The first-order valence-corrected chi connectivity index (χ1v) is 5.51. The van der Waals surface area contributed by atoms with E-state index in [2.05, 4.69) is 9.32 Å². The Balaban J connectivity index is 4.27. The molecular weight excluding hydrogens is 246 g/mol. The summed E-state index contributed by atoms with van der Waals surface area (Å²) in [5.74, 6) is 0. The summed E-state index contributed by atoms with van der Waals surface area (Å²) in [6.07, 6.45) is -7.71. The highest BCUT2D eigenvalue weighted by molar-refractivity contribution is 7.84. The third-order valence-electron chi connectivity index (χ3n) is 1.64. The summed E-state index contributed by atoms with van der Waals surface area (Å²) < 4.78 is 24.6. The number of carbonyl (C=O) groups is 1. The molecule has 4 atom stereocenters. The van der Waals surface area contributed by atoms with Gasteiger partial charge in [0.2, 0.25) is 0 Å². The van der Waals surface area contributed by atoms with E-state index < -0.39 is 41.3 Å². The summed E-state index contributed by atoms with van der Waals surface area (Å²) in [7, 11) is -4.29. The van der Waals surface area contributed by atoms with Crippen LogP contribution < -0.4 is 5.14 Å². The summed E-state index contributed by atoms with van der Waals surface area (Å²) in [5, 5.41) is 40.6. The van der Waals surface area contributed by atoms with Gasteiger partial charge in [-0.15, -0.1) is 0 Å². The molecule has 0 aliphatic carbocycles. The number of aliphatic hydroxyl groups excluding tert-OH is 4. The van der Waals surface area contributed by atoms with E-state index >= 15 is 0 Å². The average molecular weight is 259 g/mol. The molecule has 0 fully saturated rings. The summed E-state index contributed by atoms with van der Waals surface area (Å²) in [6, 6.07) is 0. The minimum Gasteiger partial charge on any atom is -0.388 e. The summed E-state index contributed by atoms with van der Waals surface area (Å²) in [6.45, 7) is -0.914. The van der Waals surface area contributed by atoms with Crippen molar-refractivity contribution >= 4 is 16.6 Å². The zero-order valence-electron chi connectivity index (χ0n) is 8.00. The first-order chi connectivity index (χ1) is 7.19. The number of carbonyl (C=O) groups excluding carboxylic acids is 1. The number of aldehydes is 1. The maximum absolute atomic E-state index is 10.3. The molecule has 10 heteroatoms. The van der Waals surface area contributed by atoms with Gasteiger partial charge in [0.15, 0.2) is 6.29 Å². The molecule has 0 aliphatic heterocycles. The Morgan fingerprint density at radius 2 is 1.69 bits per heavy atom. The molecule has 6 N–H and O–H groups in total. The van der Waals surface area contributed by atoms with Crippen LogP contribution in [0.25, 0.3) is 0 Å². The van der Waals surface area contributed by atoms with Crippen molar-refractivity contribution in [1.29, 1.82) is 0 Å². The highest BCUT2D eigenvalue weighted by Crippen LogP contribution is 2.05. The fourth-order valence-corrected chi connectivity index (χ4v) is 1.10. The van der Waals surface area contributed by atoms with Gasteiger partial charge in [-0.3, -0.25) is 4.18 Å². The SMILES string of the molecule is NS(=O)(=O)OC[C@@H](O)[C@@H](O)[C@H](O)[C@@H](O)C=O. The predicted molar refractivity (Wildman–Crippen MR) is 49.2 cm³/mol. The molecule has 0 aliphatic rings. The highest BCUT2D eigenvalue weighted by atomic mass is 32.2. The molecule has 0 rings (SSSR count). The van der Waals surface area contributed by atoms with Gasteiger partial charge in [0, 0.05) is 0 Å². The van der Waals surface area contributed by atoms with Crippen molar-refractivity contribution < 1.29 is 37.8 Å². The van der Waals surface area contributed by atoms with Gasteiger partial charge in [-0.05, 0) is 0 Å². The molecule has 0 radical (unpaired) electrons. The molecule has 0 bridgehead atoms. The summed E-state index contributed by atoms with van der Waals surface area (Å²) in [4.78, 5) is 10.0. The van der Waals surface area contributed by atoms with E-state index in [9.17, 15) is 13.2 Å². The van der Waals surface area contributed by atoms with E-state index in [1.165, 1.54) is 0 Å². The first-order valence-electron chi connectivity index (χ1n) is 4.03. The second-order valence-corrected chi connectivity index (χ2v) is 4.17. The molecule has 0 aromatic carbocycles. The minimum absolute atomic E-state index is 0.0544. The van der Waals surface area contributed by atoms with E-state index in [0.29, 0.717) is 0 Å². The van der Waals surface area contributed by atoms with Crippen LogP contribution in [0.15, 0.2) is 0 Å². The van der Waals surface area contributed by atoms with Crippen molar-refractivity contribution in [3.8, 4) is 0 Å². The van der Waals surface area contributed by atoms with E-state index in [4.69, 9.17) is 20.4 Å². The van der Waals surface area contributed by atoms with E-state index in [-0.39, 0.29) is 6.29 Å². The Morgan fingerprint density at radius 3 is 2.06 bits per heavy atom. The zero-order chi connectivity index (χ0) is 12.9. The maximum Gasteiger partial charge on any atom is 0.333 e. The molecule has 0 saturated carbocycles. The van der Waals surface area contributed by atoms with Gasteiger partial charge in [-0.25, -0.2) is 5.14 Å². The molecule has 0 unspecified atom stereocenters. The highest BCUT2D eigenvalue weighted by Gasteiger charge is 2.30. The van der Waals surface area contributed by atoms with Gasteiger partial charge in [-0.2, -0.15) is 8.42 Å². The smallest absolute Gasteiger partial charge is 0.333 e. The van der Waals surface area contributed by atoms with Crippen molar-refractivity contribution in [3.63, 3.8) is 0 Å². The van der Waals surface area contributed by atoms with Crippen LogP contribution in [0.2, 0.25) is 0 Å². The van der Waals surface area contributed by atoms with Gasteiger partial charge in [-0.1, -0.05) is 0 Å². The normalized spacial score (nSPS) is 19.8. The predicted octanol–water partition coefficient (Wildman–Crippen LogP) is -4.15. The Morgan fingerprint density at radius 1 is 1.19 bits per heavy atom. The number of nitrogens with two attached hydrogens (primary N) is 1. The quantitative estimate of drug-likeness (QED) is 0.287. The Kier molecular flexibility index (Phi) is 5.96. The lowest BCUT2D eigenvalue weighted by molar-refractivity contribution is -0.135. The molecule has 0 amide bonds. The van der Waals surface area contributed by atoms with Crippen molar-refractivity contribution in [3.05, 3.63) is 0 Å². The summed E-state index contributed by atoms with van der Waals surface area (Å²) >= 11 is 0. The van der Waals surface area contributed by atoms with Crippen molar-refractivity contribution in [1.82, 2.24) is 0 Å². The lowest BCUT2D eigenvalue weighted by Gasteiger charge is -2.23. The van der Waals surface area contributed by atoms with Crippen LogP contribution in [-0.4, -0.2) is 66.2 Å². The van der Waals surface area contributed by atoms with E-state index in [1.807, 2.05) is 0 Å². The molecule has 0 aromatic heterocycles. The van der Waals surface area contributed by atoms with Crippen molar-refractivity contribution in [2.24, 2.45) is 5.14 Å². The van der Waals surface area contributed by atoms with Gasteiger partial charge in [0.25, 0.3) is 0 Å². The Labute approximate surface area is 91.3 Å². The van der Waals surface area contributed by atoms with Crippen LogP contribution in [0.1, 0.15) is 0 Å². The average Bonchev–Trinajstić information content (AvgIpc) is 2.21. The number of rotatable bonds is 7. The first kappa shape index (κ1) is 15.4. The van der Waals surface area contributed by atoms with Gasteiger partial charge in [0.1, 0.15) is 24.4 Å². The Hall–Kier alpha value is -0.620. The minimum atomic E-state index is -4.29. The fourth-order valence-electron chi connectivity index (χ4n) is 0.773. The number of aliphatic hydroxyl groups is 4. The second kappa shape index (κ2) is 6.20. The molecule has 96 valence electrons. The third kappa shape index (κ3) is 5.46. The lowest BCUT2D eigenvalue weighted by atomic mass is 10.0.